The first-order chi connectivity index (χ1) is 14.4. The number of halogens is 1. The van der Waals surface area contributed by atoms with Crippen molar-refractivity contribution in [1.29, 1.82) is 0 Å². The number of rotatable bonds is 7. The van der Waals surface area contributed by atoms with Gasteiger partial charge in [0.1, 0.15) is 12.3 Å². The smallest absolute Gasteiger partial charge is 0.264 e. The second-order valence-electron chi connectivity index (χ2n) is 7.99. The number of methoxy groups -OCH3 is 1. The summed E-state index contributed by atoms with van der Waals surface area (Å²) in [4.78, 5) is 13.0. The minimum atomic E-state index is -4.01. The molecule has 160 valence electrons. The quantitative estimate of drug-likeness (QED) is 0.698. The normalized spacial score (nSPS) is 22.7. The third-order valence-corrected chi connectivity index (χ3v) is 8.12. The Morgan fingerprint density at radius 1 is 1.17 bits per heavy atom. The fourth-order valence-corrected chi connectivity index (χ4v) is 6.29. The maximum absolute atomic E-state index is 13.5. The van der Waals surface area contributed by atoms with Crippen LogP contribution < -0.4 is 14.4 Å². The van der Waals surface area contributed by atoms with Crippen molar-refractivity contribution in [3.05, 3.63) is 53.6 Å². The molecular formula is C22H25ClN2O4S. The third-order valence-electron chi connectivity index (χ3n) is 6.11. The summed E-state index contributed by atoms with van der Waals surface area (Å²) in [6.45, 7) is -0.345. The second-order valence-corrected chi connectivity index (χ2v) is 10.3. The van der Waals surface area contributed by atoms with Crippen LogP contribution in [0.2, 0.25) is 5.02 Å². The SMILES string of the molecule is COc1ccc(Cl)cc1N(CC(=O)N[C@H]1C[C@H]2CC[C@H]1C2)S(=O)(=O)c1ccccc1. The molecule has 1 amide bonds. The van der Waals surface area contributed by atoms with Gasteiger partial charge in [-0.3, -0.25) is 9.10 Å². The summed E-state index contributed by atoms with van der Waals surface area (Å²) in [6.07, 6.45) is 4.48. The van der Waals surface area contributed by atoms with Crippen molar-refractivity contribution < 1.29 is 17.9 Å². The van der Waals surface area contributed by atoms with Gasteiger partial charge in [0.25, 0.3) is 10.0 Å². The largest absolute Gasteiger partial charge is 0.495 e. The summed E-state index contributed by atoms with van der Waals surface area (Å²) in [5.41, 5.74) is 0.233. The van der Waals surface area contributed by atoms with Crippen LogP contribution in [0.1, 0.15) is 25.7 Å². The van der Waals surface area contributed by atoms with Crippen molar-refractivity contribution in [2.45, 2.75) is 36.6 Å². The molecule has 3 atom stereocenters. The maximum atomic E-state index is 13.5. The molecule has 2 aliphatic carbocycles. The predicted octanol–water partition coefficient (Wildman–Crippen LogP) is 3.85. The number of nitrogens with zero attached hydrogens (tertiary/aromatic N) is 1. The molecule has 0 aromatic heterocycles. The zero-order valence-corrected chi connectivity index (χ0v) is 18.3. The summed E-state index contributed by atoms with van der Waals surface area (Å²) in [7, 11) is -2.55. The molecule has 2 bridgehead atoms. The predicted molar refractivity (Wildman–Crippen MR) is 116 cm³/mol. The number of hydrogen-bond donors (Lipinski definition) is 1. The third kappa shape index (κ3) is 4.14. The van der Waals surface area contributed by atoms with Crippen molar-refractivity contribution >= 4 is 33.2 Å². The average Bonchev–Trinajstić information content (AvgIpc) is 3.36. The number of anilines is 1. The van der Waals surface area contributed by atoms with E-state index in [4.69, 9.17) is 16.3 Å². The van der Waals surface area contributed by atoms with Crippen LogP contribution in [-0.2, 0) is 14.8 Å². The van der Waals surface area contributed by atoms with Gasteiger partial charge in [-0.15, -0.1) is 0 Å². The second kappa shape index (κ2) is 8.47. The van der Waals surface area contributed by atoms with Crippen LogP contribution in [0.25, 0.3) is 0 Å². The van der Waals surface area contributed by atoms with E-state index in [1.165, 1.54) is 31.7 Å². The van der Waals surface area contributed by atoms with E-state index < -0.39 is 10.0 Å². The Kier molecular flexibility index (Phi) is 5.93. The maximum Gasteiger partial charge on any atom is 0.264 e. The van der Waals surface area contributed by atoms with E-state index in [-0.39, 0.29) is 29.1 Å². The highest BCUT2D eigenvalue weighted by molar-refractivity contribution is 7.92. The standard InChI is InChI=1S/C22H25ClN2O4S/c1-29-21-10-9-17(23)13-20(21)25(30(27,28)18-5-3-2-4-6-18)14-22(26)24-19-12-15-7-8-16(19)11-15/h2-6,9-10,13,15-16,19H,7-8,11-12,14H2,1H3,(H,24,26)/t15-,16-,19-/m0/s1. The Bertz CT molecular complexity index is 1030. The van der Waals surface area contributed by atoms with Crippen LogP contribution in [0.3, 0.4) is 0 Å². The van der Waals surface area contributed by atoms with Gasteiger partial charge in [0.15, 0.2) is 0 Å². The van der Waals surface area contributed by atoms with Gasteiger partial charge >= 0.3 is 0 Å². The summed E-state index contributed by atoms with van der Waals surface area (Å²) in [5.74, 6) is 1.18. The topological polar surface area (TPSA) is 75.7 Å². The molecular weight excluding hydrogens is 424 g/mol. The van der Waals surface area contributed by atoms with E-state index >= 15 is 0 Å². The number of carbonyl (C=O) groups excluding carboxylic acids is 1. The highest BCUT2D eigenvalue weighted by Gasteiger charge is 2.40. The lowest BCUT2D eigenvalue weighted by Crippen LogP contribution is -2.46. The van der Waals surface area contributed by atoms with Gasteiger partial charge in [-0.2, -0.15) is 0 Å². The molecule has 0 unspecified atom stereocenters. The fraction of sp³-hybridized carbons (Fsp3) is 0.409. The molecule has 0 saturated heterocycles. The zero-order valence-electron chi connectivity index (χ0n) is 16.8. The van der Waals surface area contributed by atoms with E-state index in [0.29, 0.717) is 22.6 Å². The Morgan fingerprint density at radius 2 is 1.93 bits per heavy atom. The van der Waals surface area contributed by atoms with E-state index in [1.54, 1.807) is 30.3 Å². The highest BCUT2D eigenvalue weighted by atomic mass is 35.5. The van der Waals surface area contributed by atoms with Crippen molar-refractivity contribution in [3.8, 4) is 5.75 Å². The molecule has 0 radical (unpaired) electrons. The summed E-state index contributed by atoms with van der Waals surface area (Å²) >= 11 is 6.15. The number of nitrogens with one attached hydrogen (secondary N) is 1. The lowest BCUT2D eigenvalue weighted by Gasteiger charge is -2.28. The van der Waals surface area contributed by atoms with Gasteiger partial charge in [0, 0.05) is 11.1 Å². The van der Waals surface area contributed by atoms with Crippen molar-refractivity contribution in [1.82, 2.24) is 5.32 Å². The lowest BCUT2D eigenvalue weighted by molar-refractivity contribution is -0.120. The van der Waals surface area contributed by atoms with E-state index in [9.17, 15) is 13.2 Å². The first kappa shape index (κ1) is 21.0. The lowest BCUT2D eigenvalue weighted by atomic mass is 9.95. The van der Waals surface area contributed by atoms with E-state index in [2.05, 4.69) is 5.32 Å². The van der Waals surface area contributed by atoms with Gasteiger partial charge in [0.2, 0.25) is 5.91 Å². The van der Waals surface area contributed by atoms with Crippen molar-refractivity contribution in [3.63, 3.8) is 0 Å². The fourth-order valence-electron chi connectivity index (χ4n) is 4.68. The minimum absolute atomic E-state index is 0.0970. The number of fused-ring (bicyclic) bond motifs is 2. The monoisotopic (exact) mass is 448 g/mol. The van der Waals surface area contributed by atoms with Gasteiger partial charge in [-0.05, 0) is 61.4 Å². The van der Waals surface area contributed by atoms with E-state index in [1.807, 2.05) is 0 Å². The number of carbonyl (C=O) groups is 1. The Balaban J connectivity index is 1.65. The van der Waals surface area contributed by atoms with Crippen LogP contribution >= 0.6 is 11.6 Å². The molecule has 0 spiro atoms. The van der Waals surface area contributed by atoms with Crippen LogP contribution in [0.15, 0.2) is 53.4 Å². The Hall–Kier alpha value is -2.25. The summed E-state index contributed by atoms with van der Waals surface area (Å²) < 4.78 is 33.4. The summed E-state index contributed by atoms with van der Waals surface area (Å²) in [6, 6.07) is 12.9. The summed E-state index contributed by atoms with van der Waals surface area (Å²) in [5, 5.41) is 3.42. The number of benzene rings is 2. The molecule has 8 heteroatoms. The Morgan fingerprint density at radius 3 is 2.57 bits per heavy atom. The molecule has 2 aromatic rings. The number of sulfonamides is 1. The number of amides is 1. The molecule has 1 N–H and O–H groups in total. The molecule has 2 aromatic carbocycles. The van der Waals surface area contributed by atoms with Crippen LogP contribution in [-0.4, -0.2) is 34.0 Å². The van der Waals surface area contributed by atoms with Crippen molar-refractivity contribution in [2.75, 3.05) is 18.0 Å². The zero-order chi connectivity index (χ0) is 21.3. The minimum Gasteiger partial charge on any atom is -0.495 e. The molecule has 2 aliphatic rings. The Labute approximate surface area is 182 Å². The molecule has 2 saturated carbocycles. The number of ether oxygens (including phenoxy) is 1. The van der Waals surface area contributed by atoms with Crippen LogP contribution in [0.4, 0.5) is 5.69 Å². The van der Waals surface area contributed by atoms with Gasteiger partial charge < -0.3 is 10.1 Å². The van der Waals surface area contributed by atoms with Crippen LogP contribution in [0.5, 0.6) is 5.75 Å². The first-order valence-electron chi connectivity index (χ1n) is 10.1. The average molecular weight is 449 g/mol. The molecule has 0 aliphatic heterocycles. The van der Waals surface area contributed by atoms with Gasteiger partial charge in [-0.1, -0.05) is 36.2 Å². The molecule has 2 fully saturated rings. The first-order valence-corrected chi connectivity index (χ1v) is 11.9. The van der Waals surface area contributed by atoms with Crippen LogP contribution in [0, 0.1) is 11.8 Å². The highest BCUT2D eigenvalue weighted by Crippen LogP contribution is 2.44. The molecule has 30 heavy (non-hydrogen) atoms. The molecule has 4 rings (SSSR count). The van der Waals surface area contributed by atoms with Gasteiger partial charge in [0.05, 0.1) is 17.7 Å². The molecule has 6 nitrogen and oxygen atoms in total. The van der Waals surface area contributed by atoms with Crippen molar-refractivity contribution in [2.24, 2.45) is 11.8 Å². The number of hydrogen-bond acceptors (Lipinski definition) is 4. The van der Waals surface area contributed by atoms with Gasteiger partial charge in [-0.25, -0.2) is 8.42 Å². The molecule has 0 heterocycles. The van der Waals surface area contributed by atoms with E-state index in [0.717, 1.165) is 23.6 Å².